The van der Waals surface area contributed by atoms with Crippen molar-refractivity contribution in [3.63, 3.8) is 0 Å². The first-order valence-corrected chi connectivity index (χ1v) is 5.66. The number of nitrogens with two attached hydrogens (primary N) is 1. The van der Waals surface area contributed by atoms with E-state index in [4.69, 9.17) is 5.73 Å². The van der Waals surface area contributed by atoms with Gasteiger partial charge in [0.05, 0.1) is 5.92 Å². The predicted molar refractivity (Wildman–Crippen MR) is 57.9 cm³/mol. The van der Waals surface area contributed by atoms with Gasteiger partial charge in [0.2, 0.25) is 5.91 Å². The minimum Gasteiger partial charge on any atom is -0.369 e. The van der Waals surface area contributed by atoms with Gasteiger partial charge in [-0.05, 0) is 32.9 Å². The first-order valence-electron chi connectivity index (χ1n) is 5.66. The summed E-state index contributed by atoms with van der Waals surface area (Å²) >= 11 is 0. The Morgan fingerprint density at radius 3 is 2.86 bits per heavy atom. The minimum atomic E-state index is -0.113. The molecule has 82 valence electrons. The van der Waals surface area contributed by atoms with Gasteiger partial charge in [-0.3, -0.25) is 4.79 Å². The van der Waals surface area contributed by atoms with Gasteiger partial charge in [0.15, 0.2) is 0 Å². The highest BCUT2D eigenvalue weighted by Crippen LogP contribution is 2.25. The number of nitrogens with zero attached hydrogens (tertiary/aromatic N) is 1. The van der Waals surface area contributed by atoms with Gasteiger partial charge in [-0.25, -0.2) is 0 Å². The predicted octanol–water partition coefficient (Wildman–Crippen LogP) is 1.37. The minimum absolute atomic E-state index is 0.0836. The Morgan fingerprint density at radius 1 is 1.57 bits per heavy atom. The number of piperidine rings is 1. The number of rotatable bonds is 4. The van der Waals surface area contributed by atoms with Crippen LogP contribution in [0.3, 0.4) is 0 Å². The van der Waals surface area contributed by atoms with Gasteiger partial charge in [0, 0.05) is 6.04 Å². The zero-order valence-electron chi connectivity index (χ0n) is 9.33. The van der Waals surface area contributed by atoms with Crippen LogP contribution in [-0.2, 0) is 4.79 Å². The van der Waals surface area contributed by atoms with Gasteiger partial charge in [0.1, 0.15) is 0 Å². The summed E-state index contributed by atoms with van der Waals surface area (Å²) in [6.07, 6.45) is 5.58. The molecule has 0 aliphatic carbocycles. The van der Waals surface area contributed by atoms with Crippen LogP contribution in [0.2, 0.25) is 0 Å². The van der Waals surface area contributed by atoms with Gasteiger partial charge < -0.3 is 10.6 Å². The normalized spacial score (nSPS) is 29.0. The van der Waals surface area contributed by atoms with Crippen molar-refractivity contribution in [2.75, 3.05) is 13.6 Å². The molecule has 1 aliphatic heterocycles. The summed E-state index contributed by atoms with van der Waals surface area (Å²) in [7, 11) is 2.11. The van der Waals surface area contributed by atoms with Crippen LogP contribution in [0.5, 0.6) is 0 Å². The van der Waals surface area contributed by atoms with Crippen molar-refractivity contribution in [1.29, 1.82) is 0 Å². The molecule has 1 aliphatic rings. The smallest absolute Gasteiger partial charge is 0.222 e. The zero-order valence-corrected chi connectivity index (χ0v) is 9.33. The Balaban J connectivity index is 2.56. The quantitative estimate of drug-likeness (QED) is 0.741. The Labute approximate surface area is 86.6 Å². The fraction of sp³-hybridized carbons (Fsp3) is 0.909. The highest BCUT2D eigenvalue weighted by molar-refractivity contribution is 5.77. The summed E-state index contributed by atoms with van der Waals surface area (Å²) in [5, 5.41) is 0. The molecule has 0 saturated carbocycles. The van der Waals surface area contributed by atoms with Crippen LogP contribution < -0.4 is 5.73 Å². The second-order valence-electron chi connectivity index (χ2n) is 4.34. The SMILES string of the molecule is CCCCC1C(C(N)=O)CCCN1C. The molecular weight excluding hydrogens is 176 g/mol. The van der Waals surface area contributed by atoms with Crippen LogP contribution in [0.1, 0.15) is 39.0 Å². The van der Waals surface area contributed by atoms with E-state index in [-0.39, 0.29) is 11.8 Å². The van der Waals surface area contributed by atoms with Crippen molar-refractivity contribution in [2.45, 2.75) is 45.1 Å². The summed E-state index contributed by atoms with van der Waals surface area (Å²) in [4.78, 5) is 13.6. The molecule has 0 radical (unpaired) electrons. The summed E-state index contributed by atoms with van der Waals surface area (Å²) in [5.74, 6) is -0.0297. The highest BCUT2D eigenvalue weighted by Gasteiger charge is 2.32. The molecule has 1 fully saturated rings. The molecule has 1 rings (SSSR count). The monoisotopic (exact) mass is 198 g/mol. The fourth-order valence-corrected chi connectivity index (χ4v) is 2.39. The molecule has 1 amide bonds. The maximum atomic E-state index is 11.3. The van der Waals surface area contributed by atoms with E-state index in [0.29, 0.717) is 6.04 Å². The number of carbonyl (C=O) groups excluding carboxylic acids is 1. The van der Waals surface area contributed by atoms with Crippen molar-refractivity contribution in [3.8, 4) is 0 Å². The molecule has 0 bridgehead atoms. The molecule has 0 aromatic rings. The largest absolute Gasteiger partial charge is 0.369 e. The van der Waals surface area contributed by atoms with E-state index in [1.54, 1.807) is 0 Å². The molecule has 1 saturated heterocycles. The Kier molecular flexibility index (Phi) is 4.39. The summed E-state index contributed by atoms with van der Waals surface area (Å²) in [5.41, 5.74) is 5.43. The van der Waals surface area contributed by atoms with Gasteiger partial charge in [-0.1, -0.05) is 19.8 Å². The van der Waals surface area contributed by atoms with E-state index in [1.165, 1.54) is 12.8 Å². The zero-order chi connectivity index (χ0) is 10.6. The maximum Gasteiger partial charge on any atom is 0.222 e. The number of carbonyl (C=O) groups is 1. The van der Waals surface area contributed by atoms with Gasteiger partial charge in [-0.15, -0.1) is 0 Å². The number of primary amides is 1. The van der Waals surface area contributed by atoms with Gasteiger partial charge >= 0.3 is 0 Å². The van der Waals surface area contributed by atoms with Crippen LogP contribution >= 0.6 is 0 Å². The molecule has 2 unspecified atom stereocenters. The van der Waals surface area contributed by atoms with Crippen LogP contribution in [-0.4, -0.2) is 30.4 Å². The molecule has 3 nitrogen and oxygen atoms in total. The van der Waals surface area contributed by atoms with Crippen LogP contribution in [0, 0.1) is 5.92 Å². The topological polar surface area (TPSA) is 46.3 Å². The number of hydrogen-bond acceptors (Lipinski definition) is 2. The average Bonchev–Trinajstić information content (AvgIpc) is 2.15. The number of amides is 1. The molecule has 14 heavy (non-hydrogen) atoms. The lowest BCUT2D eigenvalue weighted by Crippen LogP contribution is -2.47. The summed E-state index contributed by atoms with van der Waals surface area (Å²) < 4.78 is 0. The van der Waals surface area contributed by atoms with Crippen molar-refractivity contribution >= 4 is 5.91 Å². The molecule has 2 atom stereocenters. The van der Waals surface area contributed by atoms with E-state index < -0.39 is 0 Å². The van der Waals surface area contributed by atoms with Crippen molar-refractivity contribution in [1.82, 2.24) is 4.90 Å². The Hall–Kier alpha value is -0.570. The van der Waals surface area contributed by atoms with Crippen LogP contribution in [0.4, 0.5) is 0 Å². The second kappa shape index (κ2) is 5.35. The third-order valence-electron chi connectivity index (χ3n) is 3.28. The number of unbranched alkanes of at least 4 members (excludes halogenated alkanes) is 1. The first kappa shape index (κ1) is 11.5. The average molecular weight is 198 g/mol. The Morgan fingerprint density at radius 2 is 2.29 bits per heavy atom. The van der Waals surface area contributed by atoms with E-state index >= 15 is 0 Å². The molecule has 0 spiro atoms. The van der Waals surface area contributed by atoms with E-state index in [0.717, 1.165) is 25.8 Å². The number of likely N-dealkylation sites (tertiary alicyclic amines) is 1. The maximum absolute atomic E-state index is 11.3. The van der Waals surface area contributed by atoms with Crippen LogP contribution in [0.15, 0.2) is 0 Å². The lowest BCUT2D eigenvalue weighted by atomic mass is 9.86. The van der Waals surface area contributed by atoms with E-state index in [9.17, 15) is 4.79 Å². The lowest BCUT2D eigenvalue weighted by molar-refractivity contribution is -0.125. The first-order chi connectivity index (χ1) is 6.66. The van der Waals surface area contributed by atoms with Gasteiger partial charge in [-0.2, -0.15) is 0 Å². The summed E-state index contributed by atoms with van der Waals surface area (Å²) in [6.45, 7) is 3.29. The summed E-state index contributed by atoms with van der Waals surface area (Å²) in [6, 6.07) is 0.390. The third-order valence-corrected chi connectivity index (χ3v) is 3.28. The third kappa shape index (κ3) is 2.71. The standard InChI is InChI=1S/C11H22N2O/c1-3-4-7-10-9(11(12)14)6-5-8-13(10)2/h9-10H,3-8H2,1-2H3,(H2,12,14). The molecular formula is C11H22N2O. The lowest BCUT2D eigenvalue weighted by Gasteiger charge is -2.37. The Bertz CT molecular complexity index is 194. The highest BCUT2D eigenvalue weighted by atomic mass is 16.1. The van der Waals surface area contributed by atoms with E-state index in [1.807, 2.05) is 0 Å². The fourth-order valence-electron chi connectivity index (χ4n) is 2.39. The van der Waals surface area contributed by atoms with Crippen molar-refractivity contribution < 1.29 is 4.79 Å². The molecule has 0 aromatic heterocycles. The number of hydrogen-bond donors (Lipinski definition) is 1. The van der Waals surface area contributed by atoms with E-state index in [2.05, 4.69) is 18.9 Å². The molecule has 1 heterocycles. The van der Waals surface area contributed by atoms with Gasteiger partial charge in [0.25, 0.3) is 0 Å². The molecule has 0 aromatic carbocycles. The van der Waals surface area contributed by atoms with Crippen molar-refractivity contribution in [3.05, 3.63) is 0 Å². The molecule has 3 heteroatoms. The van der Waals surface area contributed by atoms with Crippen LogP contribution in [0.25, 0.3) is 0 Å². The van der Waals surface area contributed by atoms with Crippen molar-refractivity contribution in [2.24, 2.45) is 11.7 Å². The second-order valence-corrected chi connectivity index (χ2v) is 4.34. The molecule has 2 N–H and O–H groups in total.